The van der Waals surface area contributed by atoms with E-state index in [1.54, 1.807) is 42.4 Å². The van der Waals surface area contributed by atoms with Gasteiger partial charge in [0.25, 0.3) is 5.91 Å². The lowest BCUT2D eigenvalue weighted by Gasteiger charge is -2.18. The van der Waals surface area contributed by atoms with Crippen LogP contribution in [0.4, 0.5) is 0 Å². The van der Waals surface area contributed by atoms with Gasteiger partial charge in [0.2, 0.25) is 0 Å². The number of benzene rings is 1. The van der Waals surface area contributed by atoms with Crippen molar-refractivity contribution in [3.8, 4) is 5.75 Å². The van der Waals surface area contributed by atoms with Gasteiger partial charge in [-0.15, -0.1) is 0 Å². The van der Waals surface area contributed by atoms with Crippen LogP contribution in [0.5, 0.6) is 5.75 Å². The smallest absolute Gasteiger partial charge is 0.255 e. The fourth-order valence-corrected chi connectivity index (χ4v) is 2.92. The number of carbonyl (C=O) groups is 1. The molecular formula is C20H23ClN4O2. The Morgan fingerprint density at radius 3 is 2.67 bits per heavy atom. The average Bonchev–Trinajstić information content (AvgIpc) is 3.05. The van der Waals surface area contributed by atoms with Gasteiger partial charge in [-0.1, -0.05) is 11.6 Å². The molecule has 0 N–H and O–H groups in total. The van der Waals surface area contributed by atoms with Gasteiger partial charge in [0.1, 0.15) is 12.4 Å². The number of nitrogens with zero attached hydrogens (tertiary/aromatic N) is 4. The van der Waals surface area contributed by atoms with E-state index in [9.17, 15) is 4.79 Å². The Bertz CT molecular complexity index is 951. The molecule has 0 fully saturated rings. The summed E-state index contributed by atoms with van der Waals surface area (Å²) < 4.78 is 7.53. The molecule has 1 aromatic carbocycles. The number of amides is 1. The Morgan fingerprint density at radius 1 is 1.30 bits per heavy atom. The van der Waals surface area contributed by atoms with E-state index in [-0.39, 0.29) is 11.9 Å². The molecule has 0 aliphatic carbocycles. The zero-order valence-electron chi connectivity index (χ0n) is 15.9. The van der Waals surface area contributed by atoms with E-state index in [0.717, 1.165) is 16.8 Å². The van der Waals surface area contributed by atoms with Crippen molar-refractivity contribution in [3.63, 3.8) is 0 Å². The molecule has 2 aromatic heterocycles. The summed E-state index contributed by atoms with van der Waals surface area (Å²) in [5.74, 6) is 0.638. The number of ether oxygens (including phenoxy) is 1. The fourth-order valence-electron chi connectivity index (χ4n) is 2.80. The molecule has 2 heterocycles. The van der Waals surface area contributed by atoms with E-state index in [1.165, 1.54) is 0 Å². The molecule has 0 aliphatic rings. The molecule has 0 bridgehead atoms. The summed E-state index contributed by atoms with van der Waals surface area (Å²) in [6, 6.07) is 9.23. The van der Waals surface area contributed by atoms with Gasteiger partial charge in [0.05, 0.1) is 24.0 Å². The van der Waals surface area contributed by atoms with E-state index < -0.39 is 0 Å². The maximum Gasteiger partial charge on any atom is 0.255 e. The molecule has 0 unspecified atom stereocenters. The van der Waals surface area contributed by atoms with E-state index in [0.29, 0.717) is 29.4 Å². The van der Waals surface area contributed by atoms with Gasteiger partial charge in [0.15, 0.2) is 5.65 Å². The first kappa shape index (κ1) is 19.2. The Hall–Kier alpha value is -2.60. The first-order valence-corrected chi connectivity index (χ1v) is 9.23. The minimum atomic E-state index is -0.0843. The lowest BCUT2D eigenvalue weighted by Crippen LogP contribution is -2.31. The first-order chi connectivity index (χ1) is 12.9. The molecule has 0 saturated carbocycles. The Balaban J connectivity index is 1.69. The van der Waals surface area contributed by atoms with Crippen molar-refractivity contribution in [2.45, 2.75) is 26.8 Å². The molecule has 0 saturated heterocycles. The van der Waals surface area contributed by atoms with Crippen LogP contribution < -0.4 is 4.74 Å². The molecule has 0 radical (unpaired) electrons. The van der Waals surface area contributed by atoms with Crippen LogP contribution in [0.1, 0.15) is 35.9 Å². The summed E-state index contributed by atoms with van der Waals surface area (Å²) in [6.07, 6.45) is 1.75. The highest BCUT2D eigenvalue weighted by molar-refractivity contribution is 6.30. The number of rotatable bonds is 6. The predicted molar refractivity (Wildman–Crippen MR) is 107 cm³/mol. The van der Waals surface area contributed by atoms with Crippen molar-refractivity contribution >= 4 is 28.5 Å². The van der Waals surface area contributed by atoms with Crippen molar-refractivity contribution in [2.24, 2.45) is 0 Å². The number of carbonyl (C=O) groups excluding carboxylic acids is 1. The second-order valence-electron chi connectivity index (χ2n) is 6.75. The van der Waals surface area contributed by atoms with E-state index in [1.807, 2.05) is 17.7 Å². The average molecular weight is 387 g/mol. The normalized spacial score (nSPS) is 11.2. The third-order valence-electron chi connectivity index (χ3n) is 4.33. The van der Waals surface area contributed by atoms with Gasteiger partial charge in [-0.25, -0.2) is 9.67 Å². The van der Waals surface area contributed by atoms with Crippen molar-refractivity contribution in [1.82, 2.24) is 19.7 Å². The largest absolute Gasteiger partial charge is 0.492 e. The zero-order valence-corrected chi connectivity index (χ0v) is 16.7. The van der Waals surface area contributed by atoms with Gasteiger partial charge >= 0.3 is 0 Å². The third-order valence-corrected chi connectivity index (χ3v) is 4.59. The van der Waals surface area contributed by atoms with Gasteiger partial charge in [-0.3, -0.25) is 4.79 Å². The van der Waals surface area contributed by atoms with Crippen LogP contribution >= 0.6 is 11.6 Å². The molecule has 1 amide bonds. The molecule has 6 nitrogen and oxygen atoms in total. The maximum absolute atomic E-state index is 12.8. The van der Waals surface area contributed by atoms with Gasteiger partial charge in [-0.2, -0.15) is 5.10 Å². The van der Waals surface area contributed by atoms with Crippen LogP contribution in [0.3, 0.4) is 0 Å². The van der Waals surface area contributed by atoms with Crippen molar-refractivity contribution in [2.75, 3.05) is 20.2 Å². The highest BCUT2D eigenvalue weighted by Gasteiger charge is 2.18. The van der Waals surface area contributed by atoms with Gasteiger partial charge in [0, 0.05) is 23.5 Å². The lowest BCUT2D eigenvalue weighted by atomic mass is 10.1. The second-order valence-corrected chi connectivity index (χ2v) is 7.18. The summed E-state index contributed by atoms with van der Waals surface area (Å²) in [6.45, 7) is 6.81. The minimum absolute atomic E-state index is 0.0843. The monoisotopic (exact) mass is 386 g/mol. The minimum Gasteiger partial charge on any atom is -0.492 e. The van der Waals surface area contributed by atoms with Crippen molar-refractivity contribution in [3.05, 3.63) is 52.8 Å². The van der Waals surface area contributed by atoms with E-state index in [4.69, 9.17) is 16.3 Å². The molecule has 0 atom stereocenters. The second kappa shape index (κ2) is 7.96. The summed E-state index contributed by atoms with van der Waals surface area (Å²) >= 11 is 5.86. The molecule has 142 valence electrons. The van der Waals surface area contributed by atoms with Crippen LogP contribution in [0.25, 0.3) is 11.0 Å². The van der Waals surface area contributed by atoms with E-state index >= 15 is 0 Å². The maximum atomic E-state index is 12.8. The van der Waals surface area contributed by atoms with Crippen LogP contribution in [-0.4, -0.2) is 45.8 Å². The van der Waals surface area contributed by atoms with Crippen LogP contribution in [-0.2, 0) is 0 Å². The highest BCUT2D eigenvalue weighted by Crippen LogP contribution is 2.20. The molecule has 0 spiro atoms. The SMILES string of the molecule is Cc1nc2c(cnn2C(C)C)cc1C(=O)N(C)CCOc1ccc(Cl)cc1. The Kier molecular flexibility index (Phi) is 5.65. The van der Waals surface area contributed by atoms with Crippen molar-refractivity contribution < 1.29 is 9.53 Å². The number of aryl methyl sites for hydroxylation is 1. The Labute approximate surface area is 163 Å². The lowest BCUT2D eigenvalue weighted by molar-refractivity contribution is 0.0773. The molecule has 7 heteroatoms. The number of halogens is 1. The van der Waals surface area contributed by atoms with Gasteiger partial charge < -0.3 is 9.64 Å². The highest BCUT2D eigenvalue weighted by atomic mass is 35.5. The summed E-state index contributed by atoms with van der Waals surface area (Å²) in [5.41, 5.74) is 2.08. The van der Waals surface area contributed by atoms with Crippen molar-refractivity contribution in [1.29, 1.82) is 0 Å². The molecular weight excluding hydrogens is 364 g/mol. The molecule has 0 aliphatic heterocycles. The standard InChI is InChI=1S/C20H23ClN4O2/c1-13(2)25-19-15(12-22-25)11-18(14(3)23-19)20(26)24(4)9-10-27-17-7-5-16(21)6-8-17/h5-8,11-13H,9-10H2,1-4H3. The summed E-state index contributed by atoms with van der Waals surface area (Å²) in [4.78, 5) is 19.1. The van der Waals surface area contributed by atoms with Crippen LogP contribution in [0, 0.1) is 6.92 Å². The number of hydrogen-bond acceptors (Lipinski definition) is 4. The fraction of sp³-hybridized carbons (Fsp3) is 0.350. The molecule has 3 aromatic rings. The number of likely N-dealkylation sites (N-methyl/N-ethyl adjacent to an activating group) is 1. The Morgan fingerprint density at radius 2 is 2.00 bits per heavy atom. The van der Waals surface area contributed by atoms with Crippen LogP contribution in [0.15, 0.2) is 36.5 Å². The molecule has 27 heavy (non-hydrogen) atoms. The zero-order chi connectivity index (χ0) is 19.6. The number of aromatic nitrogens is 3. The first-order valence-electron chi connectivity index (χ1n) is 8.85. The summed E-state index contributed by atoms with van der Waals surface area (Å²) in [5, 5.41) is 5.90. The number of hydrogen-bond donors (Lipinski definition) is 0. The topological polar surface area (TPSA) is 60.2 Å². The third kappa shape index (κ3) is 4.22. The summed E-state index contributed by atoms with van der Waals surface area (Å²) in [7, 11) is 1.76. The predicted octanol–water partition coefficient (Wildman–Crippen LogP) is 4.13. The quantitative estimate of drug-likeness (QED) is 0.639. The van der Waals surface area contributed by atoms with Gasteiger partial charge in [-0.05, 0) is 51.1 Å². The number of pyridine rings is 1. The number of fused-ring (bicyclic) bond motifs is 1. The van der Waals surface area contributed by atoms with E-state index in [2.05, 4.69) is 23.9 Å². The molecule has 3 rings (SSSR count). The van der Waals surface area contributed by atoms with Crippen LogP contribution in [0.2, 0.25) is 5.02 Å².